The van der Waals surface area contributed by atoms with E-state index in [1.165, 1.54) is 12.1 Å². The molecule has 1 aromatic carbocycles. The molecule has 18 heavy (non-hydrogen) atoms. The molecule has 5 heteroatoms. The van der Waals surface area contributed by atoms with Crippen molar-refractivity contribution in [3.8, 4) is 11.8 Å². The summed E-state index contributed by atoms with van der Waals surface area (Å²) in [5.74, 6) is -1.77. The predicted octanol–water partition coefficient (Wildman–Crippen LogP) is 2.58. The van der Waals surface area contributed by atoms with E-state index in [-0.39, 0.29) is 23.7 Å². The van der Waals surface area contributed by atoms with Gasteiger partial charge in [-0.1, -0.05) is 19.9 Å². The van der Waals surface area contributed by atoms with Gasteiger partial charge in [-0.15, -0.1) is 0 Å². The van der Waals surface area contributed by atoms with Crippen LogP contribution >= 0.6 is 0 Å². The van der Waals surface area contributed by atoms with Gasteiger partial charge in [-0.3, -0.25) is 0 Å². The molecule has 1 aromatic rings. The highest BCUT2D eigenvalue weighted by molar-refractivity contribution is 5.73. The average Bonchev–Trinajstić information content (AvgIpc) is 2.27. The van der Waals surface area contributed by atoms with E-state index in [1.807, 2.05) is 13.8 Å². The van der Waals surface area contributed by atoms with Crippen LogP contribution < -0.4 is 4.74 Å². The van der Waals surface area contributed by atoms with E-state index in [1.54, 1.807) is 6.07 Å². The minimum Gasteiger partial charge on any atom is -0.479 e. The third kappa shape index (κ3) is 3.45. The summed E-state index contributed by atoms with van der Waals surface area (Å²) in [7, 11) is 0. The van der Waals surface area contributed by atoms with E-state index in [0.29, 0.717) is 0 Å². The van der Waals surface area contributed by atoms with Crippen LogP contribution in [-0.4, -0.2) is 17.2 Å². The van der Waals surface area contributed by atoms with E-state index in [0.717, 1.165) is 6.07 Å². The van der Waals surface area contributed by atoms with Gasteiger partial charge in [-0.25, -0.2) is 9.18 Å². The van der Waals surface area contributed by atoms with Crippen molar-refractivity contribution in [1.29, 1.82) is 5.26 Å². The Morgan fingerprint density at radius 2 is 2.22 bits per heavy atom. The Balaban J connectivity index is 2.98. The van der Waals surface area contributed by atoms with Gasteiger partial charge in [0, 0.05) is 0 Å². The number of ether oxygens (including phenoxy) is 1. The topological polar surface area (TPSA) is 70.3 Å². The molecule has 0 spiro atoms. The first-order chi connectivity index (χ1) is 8.45. The van der Waals surface area contributed by atoms with Crippen LogP contribution in [0.5, 0.6) is 5.75 Å². The second-order valence-electron chi connectivity index (χ2n) is 4.30. The molecule has 1 atom stereocenters. The highest BCUT2D eigenvalue weighted by Crippen LogP contribution is 2.23. The normalized spacial score (nSPS) is 11.9. The first-order valence-electron chi connectivity index (χ1n) is 5.53. The summed E-state index contributed by atoms with van der Waals surface area (Å²) in [4.78, 5) is 11.0. The quantitative estimate of drug-likeness (QED) is 0.873. The third-order valence-corrected chi connectivity index (χ3v) is 2.32. The van der Waals surface area contributed by atoms with Crippen LogP contribution in [0, 0.1) is 23.1 Å². The van der Waals surface area contributed by atoms with Crippen LogP contribution in [0.15, 0.2) is 18.2 Å². The Hall–Kier alpha value is -2.09. The maximum atomic E-state index is 13.3. The number of hydrogen-bond acceptors (Lipinski definition) is 3. The van der Waals surface area contributed by atoms with E-state index in [9.17, 15) is 9.18 Å². The lowest BCUT2D eigenvalue weighted by Gasteiger charge is -2.17. The number of carboxylic acid groups (broad SMARTS) is 1. The van der Waals surface area contributed by atoms with Crippen molar-refractivity contribution in [2.45, 2.75) is 26.4 Å². The van der Waals surface area contributed by atoms with Gasteiger partial charge >= 0.3 is 5.97 Å². The molecule has 96 valence electrons. The minimum atomic E-state index is -1.13. The van der Waals surface area contributed by atoms with Gasteiger partial charge in [0.25, 0.3) is 0 Å². The van der Waals surface area contributed by atoms with Crippen LogP contribution in [0.3, 0.4) is 0 Å². The first kappa shape index (κ1) is 14.0. The molecule has 1 rings (SSSR count). The number of rotatable bonds is 5. The maximum absolute atomic E-state index is 13.3. The highest BCUT2D eigenvalue weighted by Gasteiger charge is 2.22. The number of nitrogens with zero attached hydrogens (tertiary/aromatic N) is 1. The van der Waals surface area contributed by atoms with Gasteiger partial charge in [0.05, 0.1) is 0 Å². The Labute approximate surface area is 105 Å². The van der Waals surface area contributed by atoms with Crippen LogP contribution in [0.1, 0.15) is 25.8 Å². The molecule has 0 heterocycles. The summed E-state index contributed by atoms with van der Waals surface area (Å²) in [6.07, 6.45) is -0.796. The molecular formula is C13H14FNO3. The van der Waals surface area contributed by atoms with Crippen molar-refractivity contribution in [2.24, 2.45) is 5.92 Å². The SMILES string of the molecule is CC(C)CC(Oc1cccc(F)c1C#N)C(=O)O. The number of hydrogen-bond donors (Lipinski definition) is 1. The van der Waals surface area contributed by atoms with Gasteiger partial charge in [0.2, 0.25) is 0 Å². The molecule has 0 amide bonds. The first-order valence-corrected chi connectivity index (χ1v) is 5.53. The summed E-state index contributed by atoms with van der Waals surface area (Å²) in [6.45, 7) is 3.71. The molecule has 1 unspecified atom stereocenters. The highest BCUT2D eigenvalue weighted by atomic mass is 19.1. The molecule has 0 saturated carbocycles. The smallest absolute Gasteiger partial charge is 0.344 e. The van der Waals surface area contributed by atoms with E-state index in [2.05, 4.69) is 0 Å². The van der Waals surface area contributed by atoms with Crippen LogP contribution in [0.2, 0.25) is 0 Å². The van der Waals surface area contributed by atoms with Crippen molar-refractivity contribution < 1.29 is 19.0 Å². The molecule has 0 saturated heterocycles. The second-order valence-corrected chi connectivity index (χ2v) is 4.30. The Morgan fingerprint density at radius 3 is 2.72 bits per heavy atom. The molecule has 1 N–H and O–H groups in total. The lowest BCUT2D eigenvalue weighted by Crippen LogP contribution is -2.29. The molecule has 0 aliphatic carbocycles. The zero-order valence-corrected chi connectivity index (χ0v) is 10.2. The van der Waals surface area contributed by atoms with E-state index in [4.69, 9.17) is 15.1 Å². The Bertz CT molecular complexity index is 480. The van der Waals surface area contributed by atoms with Crippen molar-refractivity contribution in [3.63, 3.8) is 0 Å². The lowest BCUT2D eigenvalue weighted by molar-refractivity contribution is -0.145. The average molecular weight is 251 g/mol. The molecule has 0 aliphatic rings. The molecule has 0 aliphatic heterocycles. The van der Waals surface area contributed by atoms with Gasteiger partial charge in [0.15, 0.2) is 6.10 Å². The molecule has 0 aromatic heterocycles. The van der Waals surface area contributed by atoms with Gasteiger partial charge < -0.3 is 9.84 Å². The van der Waals surface area contributed by atoms with Crippen molar-refractivity contribution in [1.82, 2.24) is 0 Å². The van der Waals surface area contributed by atoms with E-state index >= 15 is 0 Å². The van der Waals surface area contributed by atoms with Gasteiger partial charge in [0.1, 0.15) is 23.2 Å². The number of carboxylic acids is 1. The summed E-state index contributed by atoms with van der Waals surface area (Å²) < 4.78 is 18.5. The molecular weight excluding hydrogens is 237 g/mol. The summed E-state index contributed by atoms with van der Waals surface area (Å²) in [5, 5.41) is 17.8. The zero-order chi connectivity index (χ0) is 13.7. The Morgan fingerprint density at radius 1 is 1.56 bits per heavy atom. The molecule has 0 radical (unpaired) electrons. The second kappa shape index (κ2) is 6.01. The fraction of sp³-hybridized carbons (Fsp3) is 0.385. The Kier molecular flexibility index (Phi) is 4.67. The number of halogens is 1. The standard InChI is InChI=1S/C13H14FNO3/c1-8(2)6-12(13(16)17)18-11-5-3-4-10(14)9(11)7-15/h3-5,8,12H,6H2,1-2H3,(H,16,17). The fourth-order valence-electron chi connectivity index (χ4n) is 1.49. The summed E-state index contributed by atoms with van der Waals surface area (Å²) in [5.41, 5.74) is -0.271. The van der Waals surface area contributed by atoms with Crippen LogP contribution in [0.4, 0.5) is 4.39 Å². The molecule has 4 nitrogen and oxygen atoms in total. The summed E-state index contributed by atoms with van der Waals surface area (Å²) in [6, 6.07) is 5.56. The van der Waals surface area contributed by atoms with Gasteiger partial charge in [-0.2, -0.15) is 5.26 Å². The van der Waals surface area contributed by atoms with Gasteiger partial charge in [-0.05, 0) is 24.5 Å². The van der Waals surface area contributed by atoms with Crippen LogP contribution in [-0.2, 0) is 4.79 Å². The monoisotopic (exact) mass is 251 g/mol. The maximum Gasteiger partial charge on any atom is 0.344 e. The largest absolute Gasteiger partial charge is 0.479 e. The van der Waals surface area contributed by atoms with Crippen LogP contribution in [0.25, 0.3) is 0 Å². The summed E-state index contributed by atoms with van der Waals surface area (Å²) >= 11 is 0. The lowest BCUT2D eigenvalue weighted by atomic mass is 10.1. The minimum absolute atomic E-state index is 0.0365. The van der Waals surface area contributed by atoms with Crippen molar-refractivity contribution in [2.75, 3.05) is 0 Å². The van der Waals surface area contributed by atoms with E-state index < -0.39 is 17.9 Å². The van der Waals surface area contributed by atoms with Crippen molar-refractivity contribution in [3.05, 3.63) is 29.6 Å². The van der Waals surface area contributed by atoms with Crippen molar-refractivity contribution >= 4 is 5.97 Å². The number of carbonyl (C=O) groups is 1. The molecule has 0 fully saturated rings. The number of nitriles is 1. The number of aliphatic carboxylic acids is 1. The number of benzene rings is 1. The molecule has 0 bridgehead atoms. The fourth-order valence-corrected chi connectivity index (χ4v) is 1.49. The predicted molar refractivity (Wildman–Crippen MR) is 62.6 cm³/mol. The zero-order valence-electron chi connectivity index (χ0n) is 10.2. The third-order valence-electron chi connectivity index (χ3n) is 2.32.